The first-order valence-corrected chi connectivity index (χ1v) is 8.00. The molecule has 0 saturated heterocycles. The number of rotatable bonds is 7. The molecule has 0 aliphatic heterocycles. The topological polar surface area (TPSA) is 54.9 Å². The van der Waals surface area contributed by atoms with E-state index in [1.807, 2.05) is 24.3 Å². The van der Waals surface area contributed by atoms with Gasteiger partial charge < -0.3 is 20.1 Å². The van der Waals surface area contributed by atoms with Gasteiger partial charge in [-0.05, 0) is 18.9 Å². The van der Waals surface area contributed by atoms with Crippen LogP contribution in [0.2, 0.25) is 0 Å². The standard InChI is InChI=1S/C17H27N3O2/c1-18-17(20-15-8-4-5-9-15)19-11-12-22-13-14-7-3-6-10-16(14)21-2/h3,6-7,10,15H,4-5,8-9,11-13H2,1-2H3,(H2,18,19,20). The number of methoxy groups -OCH3 is 1. The van der Waals surface area contributed by atoms with Crippen LogP contribution < -0.4 is 15.4 Å². The second-order valence-electron chi connectivity index (χ2n) is 5.49. The molecule has 5 heteroatoms. The zero-order valence-corrected chi connectivity index (χ0v) is 13.6. The van der Waals surface area contributed by atoms with Crippen LogP contribution in [0.1, 0.15) is 31.2 Å². The molecule has 1 aliphatic rings. The second-order valence-corrected chi connectivity index (χ2v) is 5.49. The summed E-state index contributed by atoms with van der Waals surface area (Å²) in [5.74, 6) is 1.74. The Balaban J connectivity index is 1.63. The van der Waals surface area contributed by atoms with E-state index in [1.165, 1.54) is 25.7 Å². The van der Waals surface area contributed by atoms with Crippen molar-refractivity contribution in [1.29, 1.82) is 0 Å². The van der Waals surface area contributed by atoms with E-state index in [9.17, 15) is 0 Å². The van der Waals surface area contributed by atoms with Gasteiger partial charge in [0.05, 0.1) is 20.3 Å². The van der Waals surface area contributed by atoms with Gasteiger partial charge in [-0.1, -0.05) is 31.0 Å². The lowest BCUT2D eigenvalue weighted by Gasteiger charge is -2.17. The minimum atomic E-state index is 0.556. The molecule has 0 bridgehead atoms. The summed E-state index contributed by atoms with van der Waals surface area (Å²) in [6, 6.07) is 8.49. The third-order valence-electron chi connectivity index (χ3n) is 3.91. The molecule has 22 heavy (non-hydrogen) atoms. The SMILES string of the molecule is CN=C(NCCOCc1ccccc1OC)NC1CCCC1. The molecule has 1 fully saturated rings. The van der Waals surface area contributed by atoms with E-state index in [-0.39, 0.29) is 0 Å². The van der Waals surface area contributed by atoms with E-state index in [4.69, 9.17) is 9.47 Å². The van der Waals surface area contributed by atoms with E-state index in [2.05, 4.69) is 15.6 Å². The predicted molar refractivity (Wildman–Crippen MR) is 89.4 cm³/mol. The van der Waals surface area contributed by atoms with Crippen molar-refractivity contribution in [1.82, 2.24) is 10.6 Å². The fourth-order valence-electron chi connectivity index (χ4n) is 2.70. The Hall–Kier alpha value is -1.75. The molecule has 2 rings (SSSR count). The average molecular weight is 305 g/mol. The first kappa shape index (κ1) is 16.6. The molecule has 0 aromatic heterocycles. The van der Waals surface area contributed by atoms with E-state index in [0.717, 1.165) is 23.8 Å². The summed E-state index contributed by atoms with van der Waals surface area (Å²) >= 11 is 0. The van der Waals surface area contributed by atoms with Crippen LogP contribution in [0.4, 0.5) is 0 Å². The summed E-state index contributed by atoms with van der Waals surface area (Å²) in [6.45, 7) is 1.92. The van der Waals surface area contributed by atoms with Crippen LogP contribution in [0.3, 0.4) is 0 Å². The maximum atomic E-state index is 5.70. The maximum Gasteiger partial charge on any atom is 0.191 e. The zero-order chi connectivity index (χ0) is 15.6. The number of guanidine groups is 1. The molecule has 1 aliphatic carbocycles. The molecule has 1 aromatic carbocycles. The number of nitrogens with zero attached hydrogens (tertiary/aromatic N) is 1. The fraction of sp³-hybridized carbons (Fsp3) is 0.588. The minimum Gasteiger partial charge on any atom is -0.496 e. The van der Waals surface area contributed by atoms with Gasteiger partial charge in [0.25, 0.3) is 0 Å². The van der Waals surface area contributed by atoms with Crippen LogP contribution >= 0.6 is 0 Å². The van der Waals surface area contributed by atoms with E-state index >= 15 is 0 Å². The number of benzene rings is 1. The largest absolute Gasteiger partial charge is 0.496 e. The number of nitrogens with one attached hydrogen (secondary N) is 2. The van der Waals surface area contributed by atoms with Crippen molar-refractivity contribution in [3.63, 3.8) is 0 Å². The average Bonchev–Trinajstić information content (AvgIpc) is 3.06. The number of hydrogen-bond donors (Lipinski definition) is 2. The Labute approximate surface area is 133 Å². The van der Waals surface area contributed by atoms with Crippen LogP contribution in [-0.2, 0) is 11.3 Å². The number of aliphatic imine (C=N–C) groups is 1. The molecule has 0 unspecified atom stereocenters. The van der Waals surface area contributed by atoms with Crippen molar-refractivity contribution in [3.8, 4) is 5.75 Å². The second kappa shape index (κ2) is 9.30. The molecular formula is C17H27N3O2. The smallest absolute Gasteiger partial charge is 0.191 e. The molecule has 0 spiro atoms. The minimum absolute atomic E-state index is 0.556. The summed E-state index contributed by atoms with van der Waals surface area (Å²) < 4.78 is 11.0. The summed E-state index contributed by atoms with van der Waals surface area (Å²) in [5.41, 5.74) is 1.07. The Morgan fingerprint density at radius 1 is 1.27 bits per heavy atom. The molecule has 0 heterocycles. The highest BCUT2D eigenvalue weighted by Crippen LogP contribution is 2.18. The summed E-state index contributed by atoms with van der Waals surface area (Å²) in [5, 5.41) is 6.75. The van der Waals surface area contributed by atoms with E-state index in [0.29, 0.717) is 19.3 Å². The summed E-state index contributed by atoms with van der Waals surface area (Å²) in [6.07, 6.45) is 5.11. The maximum absolute atomic E-state index is 5.70. The van der Waals surface area contributed by atoms with Gasteiger partial charge in [-0.15, -0.1) is 0 Å². The summed E-state index contributed by atoms with van der Waals surface area (Å²) in [7, 11) is 3.49. The first-order chi connectivity index (χ1) is 10.8. The summed E-state index contributed by atoms with van der Waals surface area (Å²) in [4.78, 5) is 4.25. The molecule has 0 radical (unpaired) electrons. The third-order valence-corrected chi connectivity index (χ3v) is 3.91. The molecule has 1 saturated carbocycles. The first-order valence-electron chi connectivity index (χ1n) is 8.00. The lowest BCUT2D eigenvalue weighted by atomic mass is 10.2. The van der Waals surface area contributed by atoms with Crippen LogP contribution in [0.25, 0.3) is 0 Å². The van der Waals surface area contributed by atoms with Crippen molar-refractivity contribution in [2.75, 3.05) is 27.3 Å². The van der Waals surface area contributed by atoms with Crippen molar-refractivity contribution < 1.29 is 9.47 Å². The van der Waals surface area contributed by atoms with E-state index in [1.54, 1.807) is 14.2 Å². The Bertz CT molecular complexity index is 471. The Kier molecular flexibility index (Phi) is 7.03. The van der Waals surface area contributed by atoms with Crippen molar-refractivity contribution in [2.45, 2.75) is 38.3 Å². The Morgan fingerprint density at radius 2 is 2.05 bits per heavy atom. The lowest BCUT2D eigenvalue weighted by molar-refractivity contribution is 0.123. The fourth-order valence-corrected chi connectivity index (χ4v) is 2.70. The number of para-hydroxylation sites is 1. The lowest BCUT2D eigenvalue weighted by Crippen LogP contribution is -2.43. The van der Waals surface area contributed by atoms with Gasteiger partial charge in [0.1, 0.15) is 5.75 Å². The molecule has 0 atom stereocenters. The highest BCUT2D eigenvalue weighted by molar-refractivity contribution is 5.79. The van der Waals surface area contributed by atoms with Gasteiger partial charge in [0.2, 0.25) is 0 Å². The van der Waals surface area contributed by atoms with Crippen LogP contribution in [0, 0.1) is 0 Å². The molecular weight excluding hydrogens is 278 g/mol. The van der Waals surface area contributed by atoms with Gasteiger partial charge in [-0.2, -0.15) is 0 Å². The van der Waals surface area contributed by atoms with E-state index < -0.39 is 0 Å². The highest BCUT2D eigenvalue weighted by Gasteiger charge is 2.15. The van der Waals surface area contributed by atoms with Crippen molar-refractivity contribution in [2.24, 2.45) is 4.99 Å². The van der Waals surface area contributed by atoms with Gasteiger partial charge in [0.15, 0.2) is 5.96 Å². The molecule has 5 nitrogen and oxygen atoms in total. The zero-order valence-electron chi connectivity index (χ0n) is 13.6. The van der Waals surface area contributed by atoms with Gasteiger partial charge in [0, 0.05) is 25.2 Å². The molecule has 2 N–H and O–H groups in total. The van der Waals surface area contributed by atoms with Crippen molar-refractivity contribution >= 4 is 5.96 Å². The Morgan fingerprint density at radius 3 is 2.77 bits per heavy atom. The normalized spacial score (nSPS) is 15.8. The molecule has 0 amide bonds. The molecule has 1 aromatic rings. The highest BCUT2D eigenvalue weighted by atomic mass is 16.5. The van der Waals surface area contributed by atoms with Gasteiger partial charge in [-0.3, -0.25) is 4.99 Å². The van der Waals surface area contributed by atoms with Crippen LogP contribution in [-0.4, -0.2) is 39.3 Å². The van der Waals surface area contributed by atoms with Gasteiger partial charge in [-0.25, -0.2) is 0 Å². The predicted octanol–water partition coefficient (Wildman–Crippen LogP) is 2.32. The van der Waals surface area contributed by atoms with Crippen LogP contribution in [0.5, 0.6) is 5.75 Å². The van der Waals surface area contributed by atoms with Gasteiger partial charge >= 0.3 is 0 Å². The third kappa shape index (κ3) is 5.22. The van der Waals surface area contributed by atoms with Crippen LogP contribution in [0.15, 0.2) is 29.3 Å². The number of ether oxygens (including phenoxy) is 2. The molecule has 122 valence electrons. The quantitative estimate of drug-likeness (QED) is 0.461. The van der Waals surface area contributed by atoms with Crippen molar-refractivity contribution in [3.05, 3.63) is 29.8 Å². The number of hydrogen-bond acceptors (Lipinski definition) is 3. The monoisotopic (exact) mass is 305 g/mol.